The molecule has 134 valence electrons. The van der Waals surface area contributed by atoms with Crippen molar-refractivity contribution in [3.63, 3.8) is 0 Å². The summed E-state index contributed by atoms with van der Waals surface area (Å²) in [6.07, 6.45) is 0.544. The predicted molar refractivity (Wildman–Crippen MR) is 96.7 cm³/mol. The summed E-state index contributed by atoms with van der Waals surface area (Å²) in [4.78, 5) is 16.6. The van der Waals surface area contributed by atoms with Crippen LogP contribution in [0.3, 0.4) is 0 Å². The Morgan fingerprint density at radius 1 is 1.08 bits per heavy atom. The Morgan fingerprint density at radius 3 is 2.36 bits per heavy atom. The van der Waals surface area contributed by atoms with Gasteiger partial charge in [-0.05, 0) is 11.5 Å². The number of hydrogen-bond donors (Lipinski definition) is 0. The van der Waals surface area contributed by atoms with E-state index >= 15 is 0 Å². The molecule has 1 saturated heterocycles. The van der Waals surface area contributed by atoms with E-state index in [0.29, 0.717) is 31.4 Å². The van der Waals surface area contributed by atoms with E-state index in [1.54, 1.807) is 0 Å². The summed E-state index contributed by atoms with van der Waals surface area (Å²) >= 11 is 0. The fourth-order valence-electron chi connectivity index (χ4n) is 3.03. The molecule has 1 aliphatic heterocycles. The van der Waals surface area contributed by atoms with Crippen molar-refractivity contribution in [1.29, 1.82) is 0 Å². The van der Waals surface area contributed by atoms with Gasteiger partial charge < -0.3 is 14.2 Å². The van der Waals surface area contributed by atoms with Crippen molar-refractivity contribution in [2.45, 2.75) is 39.0 Å². The number of amides is 1. The van der Waals surface area contributed by atoms with Gasteiger partial charge in [0.2, 0.25) is 11.8 Å². The quantitative estimate of drug-likeness (QED) is 0.836. The van der Waals surface area contributed by atoms with Crippen LogP contribution in [0.15, 0.2) is 34.7 Å². The molecular weight excluding hydrogens is 316 g/mol. The van der Waals surface area contributed by atoms with Gasteiger partial charge >= 0.3 is 6.01 Å². The number of carbonyl (C=O) groups is 1. The Balaban J connectivity index is 1.52. The third-order valence-corrected chi connectivity index (χ3v) is 4.68. The molecule has 0 aliphatic carbocycles. The van der Waals surface area contributed by atoms with E-state index in [9.17, 15) is 4.79 Å². The number of nitrogens with zero attached hydrogens (tertiary/aromatic N) is 4. The summed E-state index contributed by atoms with van der Waals surface area (Å²) in [7, 11) is 0. The molecule has 1 aromatic heterocycles. The lowest BCUT2D eigenvalue weighted by molar-refractivity contribution is -0.131. The Hall–Kier alpha value is -2.37. The molecule has 0 spiro atoms. The molecule has 0 saturated carbocycles. The number of benzene rings is 1. The van der Waals surface area contributed by atoms with Gasteiger partial charge in [-0.25, -0.2) is 0 Å². The molecule has 2 aromatic rings. The monoisotopic (exact) mass is 342 g/mol. The molecule has 1 fully saturated rings. The minimum atomic E-state index is 0.212. The lowest BCUT2D eigenvalue weighted by atomic mass is 9.97. The first-order valence-corrected chi connectivity index (χ1v) is 8.95. The van der Waals surface area contributed by atoms with E-state index < -0.39 is 0 Å². The third kappa shape index (κ3) is 4.18. The van der Waals surface area contributed by atoms with E-state index in [0.717, 1.165) is 13.1 Å². The summed E-state index contributed by atoms with van der Waals surface area (Å²) in [6.45, 7) is 9.01. The summed E-state index contributed by atoms with van der Waals surface area (Å²) in [6, 6.07) is 10.8. The van der Waals surface area contributed by atoms with Crippen molar-refractivity contribution >= 4 is 11.9 Å². The Morgan fingerprint density at radius 2 is 1.76 bits per heavy atom. The van der Waals surface area contributed by atoms with Crippen molar-refractivity contribution in [3.8, 4) is 0 Å². The number of rotatable bonds is 5. The zero-order chi connectivity index (χ0) is 17.8. The number of carbonyl (C=O) groups excluding carboxylic acids is 1. The van der Waals surface area contributed by atoms with Crippen LogP contribution >= 0.6 is 0 Å². The maximum Gasteiger partial charge on any atom is 0.318 e. The van der Waals surface area contributed by atoms with E-state index in [-0.39, 0.29) is 17.7 Å². The van der Waals surface area contributed by atoms with Crippen molar-refractivity contribution < 1.29 is 9.21 Å². The molecule has 1 amide bonds. The lowest BCUT2D eigenvalue weighted by Gasteiger charge is -2.34. The normalized spacial score (nSPS) is 16.3. The highest BCUT2D eigenvalue weighted by atomic mass is 16.4. The first-order valence-electron chi connectivity index (χ1n) is 8.95. The fraction of sp³-hybridized carbons (Fsp3) is 0.526. The van der Waals surface area contributed by atoms with Gasteiger partial charge in [-0.3, -0.25) is 4.79 Å². The van der Waals surface area contributed by atoms with E-state index in [1.165, 1.54) is 5.56 Å². The third-order valence-electron chi connectivity index (χ3n) is 4.68. The summed E-state index contributed by atoms with van der Waals surface area (Å²) in [5.74, 6) is 1.33. The Labute approximate surface area is 148 Å². The molecule has 1 aromatic carbocycles. The average Bonchev–Trinajstić information content (AvgIpc) is 3.13. The minimum Gasteiger partial charge on any atom is -0.408 e. The highest BCUT2D eigenvalue weighted by Gasteiger charge is 2.25. The van der Waals surface area contributed by atoms with Crippen LogP contribution in [0.1, 0.15) is 50.5 Å². The maximum atomic E-state index is 12.6. The molecular formula is C19H26N4O2. The first kappa shape index (κ1) is 17.5. The minimum absolute atomic E-state index is 0.212. The van der Waals surface area contributed by atoms with Gasteiger partial charge in [-0.1, -0.05) is 56.2 Å². The van der Waals surface area contributed by atoms with Crippen molar-refractivity contribution in [2.75, 3.05) is 31.1 Å². The van der Waals surface area contributed by atoms with E-state index in [4.69, 9.17) is 4.42 Å². The smallest absolute Gasteiger partial charge is 0.318 e. The van der Waals surface area contributed by atoms with Gasteiger partial charge in [-0.15, -0.1) is 5.10 Å². The van der Waals surface area contributed by atoms with Crippen LogP contribution in [0.25, 0.3) is 0 Å². The van der Waals surface area contributed by atoms with Crippen molar-refractivity contribution in [3.05, 3.63) is 41.8 Å². The highest BCUT2D eigenvalue weighted by Crippen LogP contribution is 2.22. The predicted octanol–water partition coefficient (Wildman–Crippen LogP) is 3.04. The van der Waals surface area contributed by atoms with Gasteiger partial charge in [0.1, 0.15) is 0 Å². The Bertz CT molecular complexity index is 690. The zero-order valence-electron chi connectivity index (χ0n) is 15.2. The molecule has 2 heterocycles. The summed E-state index contributed by atoms with van der Waals surface area (Å²) < 4.78 is 5.70. The molecule has 6 nitrogen and oxygen atoms in total. The van der Waals surface area contributed by atoms with Gasteiger partial charge in [0.05, 0.1) is 0 Å². The molecule has 6 heteroatoms. The average molecular weight is 342 g/mol. The maximum absolute atomic E-state index is 12.6. The van der Waals surface area contributed by atoms with Crippen LogP contribution in [0.4, 0.5) is 6.01 Å². The van der Waals surface area contributed by atoms with E-state index in [2.05, 4.69) is 34.2 Å². The van der Waals surface area contributed by atoms with Crippen molar-refractivity contribution in [1.82, 2.24) is 15.1 Å². The first-order chi connectivity index (χ1) is 12.0. The topological polar surface area (TPSA) is 62.5 Å². The van der Waals surface area contributed by atoms with Crippen molar-refractivity contribution in [2.24, 2.45) is 0 Å². The molecule has 0 radical (unpaired) electrons. The SMILES string of the molecule is CC(C)c1nnc(N2CCN(C(=O)CC(C)c3ccccc3)CC2)o1. The van der Waals surface area contributed by atoms with Crippen LogP contribution in [-0.2, 0) is 4.79 Å². The summed E-state index contributed by atoms with van der Waals surface area (Å²) in [5.41, 5.74) is 1.21. The van der Waals surface area contributed by atoms with E-state index in [1.807, 2.05) is 36.9 Å². The molecule has 1 atom stereocenters. The molecule has 1 aliphatic rings. The van der Waals surface area contributed by atoms with Crippen LogP contribution in [-0.4, -0.2) is 47.2 Å². The second-order valence-electron chi connectivity index (χ2n) is 6.96. The fourth-order valence-corrected chi connectivity index (χ4v) is 3.03. The largest absolute Gasteiger partial charge is 0.408 e. The molecule has 0 bridgehead atoms. The standard InChI is InChI=1S/C19H26N4O2/c1-14(2)18-20-21-19(25-18)23-11-9-22(10-12-23)17(24)13-15(3)16-7-5-4-6-8-16/h4-8,14-15H,9-13H2,1-3H3. The summed E-state index contributed by atoms with van der Waals surface area (Å²) in [5, 5.41) is 8.20. The van der Waals surface area contributed by atoms with Gasteiger partial charge in [-0.2, -0.15) is 0 Å². The molecule has 1 unspecified atom stereocenters. The van der Waals surface area contributed by atoms with Gasteiger partial charge in [0, 0.05) is 38.5 Å². The second-order valence-corrected chi connectivity index (χ2v) is 6.96. The zero-order valence-corrected chi connectivity index (χ0v) is 15.2. The van der Waals surface area contributed by atoms with Crippen LogP contribution in [0.5, 0.6) is 0 Å². The van der Waals surface area contributed by atoms with Crippen LogP contribution < -0.4 is 4.90 Å². The molecule has 3 rings (SSSR count). The highest BCUT2D eigenvalue weighted by molar-refractivity contribution is 5.77. The number of hydrogen-bond acceptors (Lipinski definition) is 5. The van der Waals surface area contributed by atoms with Gasteiger partial charge in [0.15, 0.2) is 0 Å². The van der Waals surface area contributed by atoms with Crippen LogP contribution in [0.2, 0.25) is 0 Å². The number of anilines is 1. The molecule has 25 heavy (non-hydrogen) atoms. The number of piperazine rings is 1. The Kier molecular flexibility index (Phi) is 5.36. The van der Waals surface area contributed by atoms with Crippen LogP contribution in [0, 0.1) is 0 Å². The van der Waals surface area contributed by atoms with Gasteiger partial charge in [0.25, 0.3) is 0 Å². The number of aromatic nitrogens is 2. The molecule has 0 N–H and O–H groups in total. The lowest BCUT2D eigenvalue weighted by Crippen LogP contribution is -2.49. The second kappa shape index (κ2) is 7.68.